The molecule has 0 fully saturated rings. The molecule has 1 heterocycles. The smallest absolute Gasteiger partial charge is 0.270 e. The van der Waals surface area contributed by atoms with Crippen molar-refractivity contribution >= 4 is 16.8 Å². The van der Waals surface area contributed by atoms with Gasteiger partial charge in [0.1, 0.15) is 11.4 Å². The van der Waals surface area contributed by atoms with Gasteiger partial charge >= 0.3 is 0 Å². The number of benzene rings is 1. The molecule has 4 nitrogen and oxygen atoms in total. The second-order valence-corrected chi connectivity index (χ2v) is 3.30. The van der Waals surface area contributed by atoms with Crippen molar-refractivity contribution in [3.63, 3.8) is 0 Å². The highest BCUT2D eigenvalue weighted by atomic mass is 35.5. The van der Waals surface area contributed by atoms with E-state index < -0.39 is 5.24 Å². The van der Waals surface area contributed by atoms with Gasteiger partial charge in [0, 0.05) is 5.56 Å². The van der Waals surface area contributed by atoms with Gasteiger partial charge in [0.25, 0.3) is 5.24 Å². The summed E-state index contributed by atoms with van der Waals surface area (Å²) in [6, 6.07) is 8.22. The van der Waals surface area contributed by atoms with E-state index >= 15 is 0 Å². The fraction of sp³-hybridized carbons (Fsp3) is 0. The molecule has 0 atom stereocenters. The van der Waals surface area contributed by atoms with Gasteiger partial charge in [-0.15, -0.1) is 0 Å². The van der Waals surface area contributed by atoms with Crippen molar-refractivity contribution < 1.29 is 9.90 Å². The molecular formula is C10H7ClN2O2. The molecule has 0 radical (unpaired) electrons. The number of para-hydroxylation sites is 1. The molecule has 0 amide bonds. The van der Waals surface area contributed by atoms with Gasteiger partial charge in [-0.3, -0.25) is 9.89 Å². The van der Waals surface area contributed by atoms with Crippen LogP contribution < -0.4 is 0 Å². The van der Waals surface area contributed by atoms with Crippen molar-refractivity contribution in [2.24, 2.45) is 0 Å². The standard InChI is InChI=1S/C10H7ClN2O2/c11-10(15)8-5-7(12-13-8)6-3-1-2-4-9(6)14/h1-5,14H,(H,12,13). The van der Waals surface area contributed by atoms with Crippen LogP contribution in [0.3, 0.4) is 0 Å². The van der Waals surface area contributed by atoms with E-state index in [4.69, 9.17) is 11.6 Å². The van der Waals surface area contributed by atoms with Crippen molar-refractivity contribution in [1.29, 1.82) is 0 Å². The van der Waals surface area contributed by atoms with E-state index in [1.165, 1.54) is 6.07 Å². The summed E-state index contributed by atoms with van der Waals surface area (Å²) < 4.78 is 0. The summed E-state index contributed by atoms with van der Waals surface area (Å²) in [5, 5.41) is 15.3. The van der Waals surface area contributed by atoms with Gasteiger partial charge in [0.05, 0.1) is 5.69 Å². The lowest BCUT2D eigenvalue weighted by Crippen LogP contribution is -1.86. The van der Waals surface area contributed by atoms with Crippen LogP contribution in [0, 0.1) is 0 Å². The summed E-state index contributed by atoms with van der Waals surface area (Å²) in [6.45, 7) is 0. The highest BCUT2D eigenvalue weighted by Gasteiger charge is 2.10. The van der Waals surface area contributed by atoms with E-state index in [0.29, 0.717) is 11.3 Å². The van der Waals surface area contributed by atoms with E-state index in [1.54, 1.807) is 24.3 Å². The first-order valence-electron chi connectivity index (χ1n) is 4.22. The van der Waals surface area contributed by atoms with E-state index in [9.17, 15) is 9.90 Å². The molecule has 0 spiro atoms. The number of halogens is 1. The molecule has 0 bridgehead atoms. The summed E-state index contributed by atoms with van der Waals surface area (Å²) in [6.07, 6.45) is 0. The number of nitrogens with zero attached hydrogens (tertiary/aromatic N) is 1. The van der Waals surface area contributed by atoms with Crippen LogP contribution >= 0.6 is 11.6 Å². The number of H-pyrrole nitrogens is 1. The molecule has 0 aliphatic carbocycles. The lowest BCUT2D eigenvalue weighted by molar-refractivity contribution is 0.107. The van der Waals surface area contributed by atoms with Gasteiger partial charge in [0.15, 0.2) is 0 Å². The zero-order valence-corrected chi connectivity index (χ0v) is 8.32. The Morgan fingerprint density at radius 1 is 1.40 bits per heavy atom. The van der Waals surface area contributed by atoms with Crippen molar-refractivity contribution in [2.45, 2.75) is 0 Å². The topological polar surface area (TPSA) is 66.0 Å². The molecule has 15 heavy (non-hydrogen) atoms. The van der Waals surface area contributed by atoms with Crippen LogP contribution in [0.25, 0.3) is 11.3 Å². The Kier molecular flexibility index (Phi) is 2.43. The molecule has 0 saturated carbocycles. The number of rotatable bonds is 2. The molecule has 5 heteroatoms. The molecule has 1 aromatic heterocycles. The maximum Gasteiger partial charge on any atom is 0.270 e. The minimum absolute atomic E-state index is 0.109. The number of aromatic hydroxyl groups is 1. The number of carbonyl (C=O) groups excluding carboxylic acids is 1. The number of phenols is 1. The van der Waals surface area contributed by atoms with Crippen LogP contribution in [0.5, 0.6) is 5.75 Å². The van der Waals surface area contributed by atoms with Crippen LogP contribution in [-0.2, 0) is 0 Å². The summed E-state index contributed by atoms with van der Waals surface area (Å²) in [7, 11) is 0. The van der Waals surface area contributed by atoms with Gasteiger partial charge in [-0.1, -0.05) is 12.1 Å². The third-order valence-electron chi connectivity index (χ3n) is 1.97. The quantitative estimate of drug-likeness (QED) is 0.766. The van der Waals surface area contributed by atoms with E-state index in [0.717, 1.165) is 0 Å². The largest absolute Gasteiger partial charge is 0.507 e. The Morgan fingerprint density at radius 3 is 2.73 bits per heavy atom. The first-order valence-corrected chi connectivity index (χ1v) is 4.60. The van der Waals surface area contributed by atoms with Crippen LogP contribution in [0.4, 0.5) is 0 Å². The molecule has 76 valence electrons. The first kappa shape index (κ1) is 9.73. The van der Waals surface area contributed by atoms with E-state index in [1.807, 2.05) is 0 Å². The van der Waals surface area contributed by atoms with Crippen molar-refractivity contribution in [3.8, 4) is 17.0 Å². The van der Waals surface area contributed by atoms with Crippen LogP contribution in [0.2, 0.25) is 0 Å². The molecule has 0 saturated heterocycles. The van der Waals surface area contributed by atoms with Gasteiger partial charge in [-0.05, 0) is 29.8 Å². The molecule has 2 aromatic rings. The monoisotopic (exact) mass is 222 g/mol. The van der Waals surface area contributed by atoms with Crippen molar-refractivity contribution in [1.82, 2.24) is 10.2 Å². The molecular weight excluding hydrogens is 216 g/mol. The average molecular weight is 223 g/mol. The van der Waals surface area contributed by atoms with Gasteiger partial charge < -0.3 is 5.11 Å². The lowest BCUT2D eigenvalue weighted by Gasteiger charge is -1.98. The number of hydrogen-bond donors (Lipinski definition) is 2. The van der Waals surface area contributed by atoms with E-state index in [2.05, 4.69) is 10.2 Å². The van der Waals surface area contributed by atoms with Crippen LogP contribution in [0.1, 0.15) is 10.5 Å². The second kappa shape index (κ2) is 3.74. The number of aromatic amines is 1. The summed E-state index contributed by atoms with van der Waals surface area (Å²) in [5.41, 5.74) is 1.24. The number of hydrogen-bond acceptors (Lipinski definition) is 3. The SMILES string of the molecule is O=C(Cl)c1cc(-c2ccccc2O)n[nH]1. The van der Waals surface area contributed by atoms with Gasteiger partial charge in [-0.25, -0.2) is 0 Å². The molecule has 0 unspecified atom stereocenters. The van der Waals surface area contributed by atoms with E-state index in [-0.39, 0.29) is 11.4 Å². The maximum absolute atomic E-state index is 10.8. The zero-order valence-electron chi connectivity index (χ0n) is 7.57. The van der Waals surface area contributed by atoms with Crippen LogP contribution in [0.15, 0.2) is 30.3 Å². The fourth-order valence-electron chi connectivity index (χ4n) is 1.25. The second-order valence-electron chi connectivity index (χ2n) is 2.96. The number of carbonyl (C=O) groups is 1. The predicted molar refractivity (Wildman–Crippen MR) is 55.9 cm³/mol. The molecule has 1 aromatic carbocycles. The number of phenolic OH excluding ortho intramolecular Hbond substituents is 1. The minimum Gasteiger partial charge on any atom is -0.507 e. The van der Waals surface area contributed by atoms with Crippen LogP contribution in [-0.4, -0.2) is 20.5 Å². The van der Waals surface area contributed by atoms with Gasteiger partial charge in [0.2, 0.25) is 0 Å². The number of aromatic nitrogens is 2. The Hall–Kier alpha value is -1.81. The lowest BCUT2D eigenvalue weighted by atomic mass is 10.1. The molecule has 2 rings (SSSR count). The molecule has 0 aliphatic rings. The Bertz CT molecular complexity index is 508. The Labute approximate surface area is 90.5 Å². The number of nitrogens with one attached hydrogen (secondary N) is 1. The van der Waals surface area contributed by atoms with Crippen molar-refractivity contribution in [2.75, 3.05) is 0 Å². The molecule has 2 N–H and O–H groups in total. The van der Waals surface area contributed by atoms with Gasteiger partial charge in [-0.2, -0.15) is 5.10 Å². The Morgan fingerprint density at radius 2 is 2.13 bits per heavy atom. The summed E-state index contributed by atoms with van der Waals surface area (Å²) in [4.78, 5) is 10.8. The Balaban J connectivity index is 2.46. The van der Waals surface area contributed by atoms with Crippen molar-refractivity contribution in [3.05, 3.63) is 36.0 Å². The third-order valence-corrected chi connectivity index (χ3v) is 2.17. The summed E-state index contributed by atoms with van der Waals surface area (Å²) >= 11 is 5.27. The fourth-order valence-corrected chi connectivity index (χ4v) is 1.35. The highest BCUT2D eigenvalue weighted by Crippen LogP contribution is 2.27. The maximum atomic E-state index is 10.8. The minimum atomic E-state index is -0.607. The highest BCUT2D eigenvalue weighted by molar-refractivity contribution is 6.67. The first-order chi connectivity index (χ1) is 7.18. The molecule has 0 aliphatic heterocycles. The third kappa shape index (κ3) is 1.85. The summed E-state index contributed by atoms with van der Waals surface area (Å²) in [5.74, 6) is 0.109. The predicted octanol–water partition coefficient (Wildman–Crippen LogP) is 2.16. The zero-order chi connectivity index (χ0) is 10.8. The average Bonchev–Trinajstić information content (AvgIpc) is 2.67. The normalized spacial score (nSPS) is 10.2.